The maximum absolute atomic E-state index is 4.49. The Hall–Kier alpha value is 0.230. The topological polar surface area (TPSA) is 21.2 Å². The Balaban J connectivity index is 2.12. The van der Waals surface area contributed by atoms with E-state index in [-0.39, 0.29) is 0 Å². The summed E-state index contributed by atoms with van der Waals surface area (Å²) in [5, 5.41) is 4.34. The SMILES string of the molecule is [S-][O+]1CCCOO1. The van der Waals surface area contributed by atoms with Crippen LogP contribution in [0.4, 0.5) is 0 Å². The lowest BCUT2D eigenvalue weighted by Crippen LogP contribution is -2.18. The molecule has 0 aromatic rings. The van der Waals surface area contributed by atoms with E-state index in [0.717, 1.165) is 6.42 Å². The summed E-state index contributed by atoms with van der Waals surface area (Å²) in [7, 11) is 0. The molecule has 0 N–H and O–H groups in total. The van der Waals surface area contributed by atoms with Crippen LogP contribution in [0.25, 0.3) is 0 Å². The highest BCUT2D eigenvalue weighted by atomic mass is 32.1. The van der Waals surface area contributed by atoms with Crippen molar-refractivity contribution in [3.8, 4) is 0 Å². The van der Waals surface area contributed by atoms with Gasteiger partial charge in [-0.1, -0.05) is 0 Å². The maximum Gasteiger partial charge on any atom is 0.170 e. The van der Waals surface area contributed by atoms with Crippen LogP contribution in [-0.2, 0) is 26.8 Å². The normalized spacial score (nSPS) is 25.3. The molecule has 0 aromatic carbocycles. The van der Waals surface area contributed by atoms with Crippen molar-refractivity contribution in [2.45, 2.75) is 6.42 Å². The van der Waals surface area contributed by atoms with Crippen LogP contribution < -0.4 is 0 Å². The molecule has 1 saturated heterocycles. The molecule has 1 rings (SSSR count). The molecule has 0 aliphatic carbocycles. The van der Waals surface area contributed by atoms with Crippen LogP contribution in [0, 0.1) is 0 Å². The van der Waals surface area contributed by atoms with Crippen LogP contribution in [0.5, 0.6) is 0 Å². The molecule has 0 saturated carbocycles. The molecule has 0 aromatic heterocycles. The molecule has 3 nitrogen and oxygen atoms in total. The smallest absolute Gasteiger partial charge is 0.170 e. The van der Waals surface area contributed by atoms with Gasteiger partial charge in [0.2, 0.25) is 0 Å². The van der Waals surface area contributed by atoms with Gasteiger partial charge in [0.1, 0.15) is 0 Å². The predicted molar refractivity (Wildman–Crippen MR) is 25.0 cm³/mol. The lowest BCUT2D eigenvalue weighted by atomic mass is 10.5. The third-order valence-electron chi connectivity index (χ3n) is 0.663. The monoisotopic (exact) mass is 122 g/mol. The van der Waals surface area contributed by atoms with Gasteiger partial charge in [-0.25, -0.2) is 0 Å². The van der Waals surface area contributed by atoms with E-state index in [2.05, 4.69) is 22.8 Å². The average Bonchev–Trinajstić information content (AvgIpc) is 1.69. The van der Waals surface area contributed by atoms with E-state index < -0.39 is 0 Å². The van der Waals surface area contributed by atoms with E-state index in [1.165, 1.54) is 0 Å². The summed E-state index contributed by atoms with van der Waals surface area (Å²) in [6.07, 6.45) is 0.925. The van der Waals surface area contributed by atoms with Crippen molar-refractivity contribution in [3.63, 3.8) is 0 Å². The third kappa shape index (κ3) is 1.65. The Bertz CT molecular complexity index is 52.1. The lowest BCUT2D eigenvalue weighted by Gasteiger charge is -2.19. The van der Waals surface area contributed by atoms with Crippen molar-refractivity contribution in [3.05, 3.63) is 0 Å². The highest BCUT2D eigenvalue weighted by Gasteiger charge is 2.06. The summed E-state index contributed by atoms with van der Waals surface area (Å²) in [4.78, 5) is 4.47. The van der Waals surface area contributed by atoms with Gasteiger partial charge in [0.05, 0.1) is 11.6 Å². The molecular formula is C3H6O3S. The Morgan fingerprint density at radius 1 is 1.57 bits per heavy atom. The number of hydrogen-bond acceptors (Lipinski definition) is 3. The van der Waals surface area contributed by atoms with Gasteiger partial charge in [-0.05, 0) is 0 Å². The molecule has 0 unspecified atom stereocenters. The zero-order chi connectivity index (χ0) is 5.11. The van der Waals surface area contributed by atoms with E-state index in [1.54, 1.807) is 0 Å². The maximum atomic E-state index is 4.49. The first-order valence-electron chi connectivity index (χ1n) is 2.08. The van der Waals surface area contributed by atoms with E-state index >= 15 is 0 Å². The van der Waals surface area contributed by atoms with Crippen molar-refractivity contribution in [2.75, 3.05) is 13.2 Å². The molecule has 0 atom stereocenters. The van der Waals surface area contributed by atoms with Gasteiger partial charge in [-0.2, -0.15) is 4.89 Å². The first-order valence-corrected chi connectivity index (χ1v) is 2.41. The van der Waals surface area contributed by atoms with Gasteiger partial charge in [0.25, 0.3) is 0 Å². The predicted octanol–water partition coefficient (Wildman–Crippen LogP) is 0.267. The summed E-state index contributed by atoms with van der Waals surface area (Å²) in [6.45, 7) is 1.34. The summed E-state index contributed by atoms with van der Waals surface area (Å²) < 4.78 is 1.93. The average molecular weight is 122 g/mol. The first kappa shape index (κ1) is 5.37. The molecule has 0 spiro atoms. The van der Waals surface area contributed by atoms with Gasteiger partial charge in [0.15, 0.2) is 6.61 Å². The minimum absolute atomic E-state index is 0.639. The number of rotatable bonds is 0. The summed E-state index contributed by atoms with van der Waals surface area (Å²) in [5.74, 6) is 0. The van der Waals surface area contributed by atoms with Crippen molar-refractivity contribution in [1.29, 1.82) is 0 Å². The first-order chi connectivity index (χ1) is 3.39. The van der Waals surface area contributed by atoms with E-state index in [0.29, 0.717) is 13.2 Å². The highest BCUT2D eigenvalue weighted by Crippen LogP contribution is 2.03. The zero-order valence-corrected chi connectivity index (χ0v) is 4.57. The van der Waals surface area contributed by atoms with E-state index in [4.69, 9.17) is 0 Å². The Morgan fingerprint density at radius 2 is 2.43 bits per heavy atom. The Kier molecular flexibility index (Phi) is 1.93. The zero-order valence-electron chi connectivity index (χ0n) is 3.75. The molecule has 0 bridgehead atoms. The van der Waals surface area contributed by atoms with Crippen LogP contribution >= 0.6 is 0 Å². The summed E-state index contributed by atoms with van der Waals surface area (Å²) in [6, 6.07) is 0. The van der Waals surface area contributed by atoms with Gasteiger partial charge >= 0.3 is 0 Å². The summed E-state index contributed by atoms with van der Waals surface area (Å²) in [5.41, 5.74) is 0. The second kappa shape index (κ2) is 2.52. The summed E-state index contributed by atoms with van der Waals surface area (Å²) >= 11 is 4.49. The quantitative estimate of drug-likeness (QED) is 0.261. The molecule has 1 aliphatic rings. The fourth-order valence-electron chi connectivity index (χ4n) is 0.357. The highest BCUT2D eigenvalue weighted by molar-refractivity contribution is 7.53. The molecule has 1 fully saturated rings. The van der Waals surface area contributed by atoms with Crippen LogP contribution in [0.3, 0.4) is 0 Å². The van der Waals surface area contributed by atoms with Gasteiger partial charge in [-0.15, -0.1) is 0 Å². The molecule has 1 heterocycles. The standard InChI is InChI=1S/C3H6O3S/c7-6-3-1-2-4-5-6/h1-3H2. The molecule has 1 aliphatic heterocycles. The van der Waals surface area contributed by atoms with Crippen molar-refractivity contribution >= 4 is 12.9 Å². The van der Waals surface area contributed by atoms with Gasteiger partial charge in [0, 0.05) is 6.42 Å². The van der Waals surface area contributed by atoms with Crippen LogP contribution in [0.2, 0.25) is 0 Å². The third-order valence-corrected chi connectivity index (χ3v) is 0.885. The molecule has 4 heteroatoms. The van der Waals surface area contributed by atoms with Gasteiger partial charge in [-0.3, -0.25) is 0 Å². The van der Waals surface area contributed by atoms with Crippen molar-refractivity contribution in [2.24, 2.45) is 0 Å². The largest absolute Gasteiger partial charge is 0.323 e. The fraction of sp³-hybridized carbons (Fsp3) is 1.00. The minimum atomic E-state index is 0.639. The fourth-order valence-corrected chi connectivity index (χ4v) is 0.515. The van der Waals surface area contributed by atoms with E-state index in [1.807, 2.05) is 3.96 Å². The lowest BCUT2D eigenvalue weighted by molar-refractivity contribution is -0.566. The van der Waals surface area contributed by atoms with Crippen LogP contribution in [-0.4, -0.2) is 13.2 Å². The minimum Gasteiger partial charge on any atom is -0.323 e. The molecule has 42 valence electrons. The van der Waals surface area contributed by atoms with Crippen LogP contribution in [0.15, 0.2) is 0 Å². The molecule has 0 radical (unpaired) electrons. The second-order valence-corrected chi connectivity index (χ2v) is 1.62. The molecule has 0 amide bonds. The van der Waals surface area contributed by atoms with Crippen molar-refractivity contribution in [1.82, 2.24) is 0 Å². The van der Waals surface area contributed by atoms with Crippen molar-refractivity contribution < 1.29 is 13.9 Å². The Labute approximate surface area is 47.3 Å². The van der Waals surface area contributed by atoms with Gasteiger partial charge < -0.3 is 16.9 Å². The van der Waals surface area contributed by atoms with Crippen LogP contribution in [0.1, 0.15) is 6.42 Å². The second-order valence-electron chi connectivity index (χ2n) is 1.25. The molecule has 7 heavy (non-hydrogen) atoms. The Morgan fingerprint density at radius 3 is 2.71 bits per heavy atom. The number of hydrogen-bond donors (Lipinski definition) is 0. The van der Waals surface area contributed by atoms with E-state index in [9.17, 15) is 0 Å². The molecular weight excluding hydrogens is 116 g/mol.